The number of rotatable bonds is 5. The standard InChI is InChI=1S/C13H16N2S2/c1-10-12(7-8-14)17-13(15-10)9-16-11-5-3-2-4-6-11/h2-6H,7-9,14H2,1H3. The van der Waals surface area contributed by atoms with E-state index in [1.165, 1.54) is 14.8 Å². The van der Waals surface area contributed by atoms with Crippen LogP contribution in [0.1, 0.15) is 15.6 Å². The molecule has 0 radical (unpaired) electrons. The second-order valence-electron chi connectivity index (χ2n) is 3.76. The molecule has 0 bridgehead atoms. The van der Waals surface area contributed by atoms with Crippen molar-refractivity contribution in [2.75, 3.05) is 6.54 Å². The highest BCUT2D eigenvalue weighted by Gasteiger charge is 2.07. The third kappa shape index (κ3) is 3.56. The Morgan fingerprint density at radius 1 is 1.29 bits per heavy atom. The van der Waals surface area contributed by atoms with Crippen LogP contribution in [0, 0.1) is 6.92 Å². The van der Waals surface area contributed by atoms with Crippen LogP contribution in [0.15, 0.2) is 35.2 Å². The first-order chi connectivity index (χ1) is 8.29. The number of hydrogen-bond donors (Lipinski definition) is 1. The lowest BCUT2D eigenvalue weighted by Gasteiger charge is -1.97. The Bertz CT molecular complexity index is 466. The minimum atomic E-state index is 0.703. The van der Waals surface area contributed by atoms with Gasteiger partial charge >= 0.3 is 0 Å². The first-order valence-electron chi connectivity index (χ1n) is 5.62. The molecule has 0 atom stereocenters. The highest BCUT2D eigenvalue weighted by Crippen LogP contribution is 2.26. The van der Waals surface area contributed by atoms with Gasteiger partial charge < -0.3 is 5.73 Å². The summed E-state index contributed by atoms with van der Waals surface area (Å²) in [5, 5.41) is 1.19. The van der Waals surface area contributed by atoms with E-state index in [1.54, 1.807) is 11.3 Å². The lowest BCUT2D eigenvalue weighted by molar-refractivity contribution is 0.968. The van der Waals surface area contributed by atoms with E-state index in [0.717, 1.165) is 17.9 Å². The molecule has 1 heterocycles. The first-order valence-corrected chi connectivity index (χ1v) is 7.43. The number of thioether (sulfide) groups is 1. The number of hydrogen-bond acceptors (Lipinski definition) is 4. The van der Waals surface area contributed by atoms with Crippen molar-refractivity contribution in [1.82, 2.24) is 4.98 Å². The van der Waals surface area contributed by atoms with Crippen LogP contribution in [0.5, 0.6) is 0 Å². The maximum atomic E-state index is 5.58. The number of aryl methyl sites for hydroxylation is 1. The van der Waals surface area contributed by atoms with Crippen LogP contribution in [-0.4, -0.2) is 11.5 Å². The van der Waals surface area contributed by atoms with Gasteiger partial charge in [-0.2, -0.15) is 0 Å². The molecule has 2 rings (SSSR count). The fourth-order valence-corrected chi connectivity index (χ4v) is 3.57. The summed E-state index contributed by atoms with van der Waals surface area (Å²) in [5.41, 5.74) is 6.72. The molecule has 17 heavy (non-hydrogen) atoms. The molecule has 2 N–H and O–H groups in total. The Kier molecular flexibility index (Phi) is 4.59. The Labute approximate surface area is 110 Å². The number of aromatic nitrogens is 1. The molecule has 0 fully saturated rings. The van der Waals surface area contributed by atoms with Gasteiger partial charge in [-0.1, -0.05) is 18.2 Å². The Balaban J connectivity index is 1.97. The largest absolute Gasteiger partial charge is 0.330 e. The van der Waals surface area contributed by atoms with Gasteiger partial charge in [0.15, 0.2) is 0 Å². The summed E-state index contributed by atoms with van der Waals surface area (Å²) in [4.78, 5) is 7.21. The molecule has 0 aliphatic rings. The molecule has 2 nitrogen and oxygen atoms in total. The minimum absolute atomic E-state index is 0.703. The van der Waals surface area contributed by atoms with Crippen molar-refractivity contribution >= 4 is 23.1 Å². The van der Waals surface area contributed by atoms with Crippen LogP contribution in [0.3, 0.4) is 0 Å². The van der Waals surface area contributed by atoms with Gasteiger partial charge in [0.2, 0.25) is 0 Å². The average molecular weight is 264 g/mol. The molecule has 0 saturated heterocycles. The van der Waals surface area contributed by atoms with E-state index < -0.39 is 0 Å². The van der Waals surface area contributed by atoms with Crippen LogP contribution in [0.4, 0.5) is 0 Å². The summed E-state index contributed by atoms with van der Waals surface area (Å²) in [6.07, 6.45) is 0.944. The third-order valence-corrected chi connectivity index (χ3v) is 4.84. The third-order valence-electron chi connectivity index (χ3n) is 2.41. The van der Waals surface area contributed by atoms with Crippen LogP contribution in [-0.2, 0) is 12.2 Å². The Morgan fingerprint density at radius 2 is 2.06 bits per heavy atom. The molecule has 0 saturated carbocycles. The molecular weight excluding hydrogens is 248 g/mol. The number of thiazole rings is 1. The maximum absolute atomic E-state index is 5.58. The van der Waals surface area contributed by atoms with Crippen molar-refractivity contribution < 1.29 is 0 Å². The van der Waals surface area contributed by atoms with E-state index >= 15 is 0 Å². The SMILES string of the molecule is Cc1nc(CSc2ccccc2)sc1CCN. The molecule has 0 amide bonds. The van der Waals surface area contributed by atoms with E-state index in [2.05, 4.69) is 36.2 Å². The van der Waals surface area contributed by atoms with Crippen molar-refractivity contribution in [3.63, 3.8) is 0 Å². The normalized spacial score (nSPS) is 10.7. The summed E-state index contributed by atoms with van der Waals surface area (Å²) < 4.78 is 0. The fourth-order valence-electron chi connectivity index (χ4n) is 1.57. The van der Waals surface area contributed by atoms with Gasteiger partial charge in [-0.25, -0.2) is 4.98 Å². The number of nitrogens with zero attached hydrogens (tertiary/aromatic N) is 1. The lowest BCUT2D eigenvalue weighted by atomic mass is 10.3. The minimum Gasteiger partial charge on any atom is -0.330 e. The average Bonchev–Trinajstić information content (AvgIpc) is 2.70. The molecule has 2 aromatic rings. The van der Waals surface area contributed by atoms with Crippen LogP contribution in [0.25, 0.3) is 0 Å². The zero-order valence-electron chi connectivity index (χ0n) is 9.85. The molecule has 0 aliphatic carbocycles. The zero-order chi connectivity index (χ0) is 12.1. The van der Waals surface area contributed by atoms with Gasteiger partial charge in [0, 0.05) is 9.77 Å². The number of benzene rings is 1. The van der Waals surface area contributed by atoms with Crippen molar-refractivity contribution in [2.45, 2.75) is 24.0 Å². The van der Waals surface area contributed by atoms with Gasteiger partial charge in [0.05, 0.1) is 11.4 Å². The molecule has 1 aromatic heterocycles. The second-order valence-corrected chi connectivity index (χ2v) is 5.97. The van der Waals surface area contributed by atoms with E-state index in [9.17, 15) is 0 Å². The molecule has 4 heteroatoms. The van der Waals surface area contributed by atoms with Crippen molar-refractivity contribution in [2.24, 2.45) is 5.73 Å². The molecular formula is C13H16N2S2. The van der Waals surface area contributed by atoms with E-state index in [0.29, 0.717) is 6.54 Å². The summed E-state index contributed by atoms with van der Waals surface area (Å²) in [6.45, 7) is 2.77. The highest BCUT2D eigenvalue weighted by molar-refractivity contribution is 7.98. The van der Waals surface area contributed by atoms with Gasteiger partial charge in [-0.05, 0) is 32.0 Å². The summed E-state index contributed by atoms with van der Waals surface area (Å²) in [6, 6.07) is 10.4. The lowest BCUT2D eigenvalue weighted by Crippen LogP contribution is -2.01. The van der Waals surface area contributed by atoms with Crippen LogP contribution >= 0.6 is 23.1 Å². The van der Waals surface area contributed by atoms with Gasteiger partial charge in [0.25, 0.3) is 0 Å². The quantitative estimate of drug-likeness (QED) is 0.843. The predicted molar refractivity (Wildman–Crippen MR) is 75.6 cm³/mol. The smallest absolute Gasteiger partial charge is 0.103 e. The van der Waals surface area contributed by atoms with E-state index in [-0.39, 0.29) is 0 Å². The molecule has 0 spiro atoms. The Hall–Kier alpha value is -0.840. The molecule has 0 unspecified atom stereocenters. The second kappa shape index (κ2) is 6.19. The predicted octanol–water partition coefficient (Wildman–Crippen LogP) is 3.25. The van der Waals surface area contributed by atoms with Crippen LogP contribution in [0.2, 0.25) is 0 Å². The first kappa shape index (κ1) is 12.6. The number of nitrogens with two attached hydrogens (primary N) is 1. The van der Waals surface area contributed by atoms with E-state index in [1.807, 2.05) is 17.8 Å². The van der Waals surface area contributed by atoms with Crippen molar-refractivity contribution in [1.29, 1.82) is 0 Å². The summed E-state index contributed by atoms with van der Waals surface area (Å²) in [7, 11) is 0. The summed E-state index contributed by atoms with van der Waals surface area (Å²) >= 11 is 3.62. The zero-order valence-corrected chi connectivity index (χ0v) is 11.5. The van der Waals surface area contributed by atoms with Gasteiger partial charge in [-0.15, -0.1) is 23.1 Å². The summed E-state index contributed by atoms with van der Waals surface area (Å²) in [5.74, 6) is 0.945. The highest BCUT2D eigenvalue weighted by atomic mass is 32.2. The van der Waals surface area contributed by atoms with E-state index in [4.69, 9.17) is 5.73 Å². The topological polar surface area (TPSA) is 38.9 Å². The van der Waals surface area contributed by atoms with Crippen LogP contribution < -0.4 is 5.73 Å². The maximum Gasteiger partial charge on any atom is 0.103 e. The Morgan fingerprint density at radius 3 is 2.76 bits per heavy atom. The van der Waals surface area contributed by atoms with Gasteiger partial charge in [-0.3, -0.25) is 0 Å². The van der Waals surface area contributed by atoms with Gasteiger partial charge in [0.1, 0.15) is 5.01 Å². The molecule has 1 aromatic carbocycles. The fraction of sp³-hybridized carbons (Fsp3) is 0.308. The molecule has 0 aliphatic heterocycles. The molecule has 90 valence electrons. The monoisotopic (exact) mass is 264 g/mol. The van der Waals surface area contributed by atoms with Crippen molar-refractivity contribution in [3.05, 3.63) is 45.9 Å². The van der Waals surface area contributed by atoms with Crippen molar-refractivity contribution in [3.8, 4) is 0 Å².